The van der Waals surface area contributed by atoms with Crippen LogP contribution in [0.25, 0.3) is 0 Å². The molecule has 2 rings (SSSR count). The van der Waals surface area contributed by atoms with Gasteiger partial charge in [0.1, 0.15) is 0 Å². The molecule has 1 amide bonds. The Morgan fingerprint density at radius 1 is 1.44 bits per heavy atom. The van der Waals surface area contributed by atoms with Crippen molar-refractivity contribution in [2.24, 2.45) is 0 Å². The number of carbonyl (C=O) groups is 1. The van der Waals surface area contributed by atoms with Crippen LogP contribution in [0.1, 0.15) is 12.0 Å². The van der Waals surface area contributed by atoms with E-state index in [2.05, 4.69) is 15.6 Å². The smallest absolute Gasteiger partial charge is 0.226 e. The van der Waals surface area contributed by atoms with Gasteiger partial charge in [-0.2, -0.15) is 0 Å². The first kappa shape index (κ1) is 12.3. The molecule has 18 heavy (non-hydrogen) atoms. The van der Waals surface area contributed by atoms with Gasteiger partial charge >= 0.3 is 0 Å². The highest BCUT2D eigenvalue weighted by Gasteiger charge is 2.03. The molecule has 0 fully saturated rings. The van der Waals surface area contributed by atoms with Crippen molar-refractivity contribution in [3.8, 4) is 0 Å². The van der Waals surface area contributed by atoms with E-state index in [-0.39, 0.29) is 12.5 Å². The molecule has 6 heteroatoms. The number of benzene rings is 1. The number of nitrogens with one attached hydrogen (secondary N) is 1. The normalized spacial score (nSPS) is 10.3. The lowest BCUT2D eigenvalue weighted by atomic mass is 10.2. The molecule has 1 heterocycles. The summed E-state index contributed by atoms with van der Waals surface area (Å²) in [5, 5.41) is 19.2. The van der Waals surface area contributed by atoms with Crippen LogP contribution >= 0.6 is 0 Å². The van der Waals surface area contributed by atoms with Crippen LogP contribution in [0.2, 0.25) is 0 Å². The summed E-state index contributed by atoms with van der Waals surface area (Å²) in [6.07, 6.45) is 3.61. The van der Waals surface area contributed by atoms with E-state index in [4.69, 9.17) is 5.11 Å². The van der Waals surface area contributed by atoms with E-state index in [0.29, 0.717) is 18.7 Å². The van der Waals surface area contributed by atoms with E-state index >= 15 is 0 Å². The average Bonchev–Trinajstić information content (AvgIpc) is 2.90. The second kappa shape index (κ2) is 5.92. The van der Waals surface area contributed by atoms with Gasteiger partial charge in [-0.25, -0.2) is 0 Å². The number of anilines is 1. The molecule has 1 aromatic heterocycles. The van der Waals surface area contributed by atoms with E-state index < -0.39 is 0 Å². The summed E-state index contributed by atoms with van der Waals surface area (Å²) < 4.78 is 1.60. The molecule has 0 atom stereocenters. The number of aryl methyl sites for hydroxylation is 1. The molecule has 0 saturated heterocycles. The molecule has 2 N–H and O–H groups in total. The summed E-state index contributed by atoms with van der Waals surface area (Å²) in [6, 6.07) is 7.11. The van der Waals surface area contributed by atoms with E-state index in [0.717, 1.165) is 5.56 Å². The Balaban J connectivity index is 1.86. The number of aliphatic hydroxyl groups is 1. The summed E-state index contributed by atoms with van der Waals surface area (Å²) in [7, 11) is 0. The SMILES string of the molecule is O=C(CCn1ccnn1)Nc1cccc(CO)c1. The van der Waals surface area contributed by atoms with Gasteiger partial charge in [0.05, 0.1) is 19.3 Å². The summed E-state index contributed by atoms with van der Waals surface area (Å²) in [4.78, 5) is 11.7. The maximum atomic E-state index is 11.7. The summed E-state index contributed by atoms with van der Waals surface area (Å²) in [5.74, 6) is -0.0967. The van der Waals surface area contributed by atoms with Gasteiger partial charge in [0.15, 0.2) is 0 Å². The van der Waals surface area contributed by atoms with Crippen LogP contribution in [-0.2, 0) is 17.9 Å². The lowest BCUT2D eigenvalue weighted by Gasteiger charge is -2.06. The summed E-state index contributed by atoms with van der Waals surface area (Å²) in [6.45, 7) is 0.453. The highest BCUT2D eigenvalue weighted by Crippen LogP contribution is 2.10. The Morgan fingerprint density at radius 2 is 2.33 bits per heavy atom. The van der Waals surface area contributed by atoms with Crippen LogP contribution in [0.15, 0.2) is 36.7 Å². The summed E-state index contributed by atoms with van der Waals surface area (Å²) >= 11 is 0. The molecule has 0 unspecified atom stereocenters. The van der Waals surface area contributed by atoms with E-state index in [1.165, 1.54) is 0 Å². The molecule has 0 radical (unpaired) electrons. The molecular formula is C12H14N4O2. The Bertz CT molecular complexity index is 511. The number of nitrogens with zero attached hydrogens (tertiary/aromatic N) is 3. The fraction of sp³-hybridized carbons (Fsp3) is 0.250. The van der Waals surface area contributed by atoms with Crippen molar-refractivity contribution in [3.05, 3.63) is 42.2 Å². The maximum absolute atomic E-state index is 11.7. The zero-order valence-electron chi connectivity index (χ0n) is 9.78. The van der Waals surface area contributed by atoms with Crippen molar-refractivity contribution in [2.45, 2.75) is 19.6 Å². The van der Waals surface area contributed by atoms with Crippen LogP contribution in [0.5, 0.6) is 0 Å². The van der Waals surface area contributed by atoms with Gasteiger partial charge in [-0.05, 0) is 17.7 Å². The maximum Gasteiger partial charge on any atom is 0.226 e. The molecule has 6 nitrogen and oxygen atoms in total. The van der Waals surface area contributed by atoms with Gasteiger partial charge in [-0.1, -0.05) is 17.3 Å². The number of carbonyl (C=O) groups excluding carboxylic acids is 1. The number of rotatable bonds is 5. The fourth-order valence-electron chi connectivity index (χ4n) is 1.54. The fourth-order valence-corrected chi connectivity index (χ4v) is 1.54. The van der Waals surface area contributed by atoms with Crippen LogP contribution in [0.3, 0.4) is 0 Å². The van der Waals surface area contributed by atoms with Crippen molar-refractivity contribution >= 4 is 11.6 Å². The molecular weight excluding hydrogens is 232 g/mol. The third-order valence-electron chi connectivity index (χ3n) is 2.43. The number of hydrogen-bond acceptors (Lipinski definition) is 4. The van der Waals surface area contributed by atoms with Crippen molar-refractivity contribution in [2.75, 3.05) is 5.32 Å². The minimum atomic E-state index is -0.0967. The number of aliphatic hydroxyl groups excluding tert-OH is 1. The Hall–Kier alpha value is -2.21. The van der Waals surface area contributed by atoms with Crippen molar-refractivity contribution in [3.63, 3.8) is 0 Å². The van der Waals surface area contributed by atoms with Crippen molar-refractivity contribution < 1.29 is 9.90 Å². The van der Waals surface area contributed by atoms with Crippen molar-refractivity contribution in [1.82, 2.24) is 15.0 Å². The molecule has 1 aromatic carbocycles. The van der Waals surface area contributed by atoms with Gasteiger partial charge in [-0.15, -0.1) is 5.10 Å². The predicted octanol–water partition coefficient (Wildman–Crippen LogP) is 0.799. The largest absolute Gasteiger partial charge is 0.392 e. The minimum absolute atomic E-state index is 0.0390. The highest BCUT2D eigenvalue weighted by atomic mass is 16.3. The minimum Gasteiger partial charge on any atom is -0.392 e. The standard InChI is InChI=1S/C12H14N4O2/c17-9-10-2-1-3-11(8-10)14-12(18)4-6-16-7-5-13-15-16/h1-3,5,7-8,17H,4,6,9H2,(H,14,18). The molecule has 0 saturated carbocycles. The molecule has 0 bridgehead atoms. The van der Waals surface area contributed by atoms with Crippen molar-refractivity contribution in [1.29, 1.82) is 0 Å². The van der Waals surface area contributed by atoms with Crippen LogP contribution in [0.4, 0.5) is 5.69 Å². The molecule has 94 valence electrons. The van der Waals surface area contributed by atoms with Gasteiger partial charge < -0.3 is 10.4 Å². The number of aromatic nitrogens is 3. The zero-order chi connectivity index (χ0) is 12.8. The lowest BCUT2D eigenvalue weighted by molar-refractivity contribution is -0.116. The Labute approximate surface area is 104 Å². The first-order valence-corrected chi connectivity index (χ1v) is 5.61. The van der Waals surface area contributed by atoms with E-state index in [1.54, 1.807) is 41.3 Å². The molecule has 0 aliphatic heterocycles. The van der Waals surface area contributed by atoms with Crippen LogP contribution in [-0.4, -0.2) is 26.0 Å². The molecule has 0 aliphatic carbocycles. The first-order valence-electron chi connectivity index (χ1n) is 5.61. The second-order valence-corrected chi connectivity index (χ2v) is 3.82. The number of hydrogen-bond donors (Lipinski definition) is 2. The lowest BCUT2D eigenvalue weighted by Crippen LogP contribution is -2.14. The van der Waals surface area contributed by atoms with Gasteiger partial charge in [-0.3, -0.25) is 9.48 Å². The quantitative estimate of drug-likeness (QED) is 0.817. The van der Waals surface area contributed by atoms with Crippen LogP contribution < -0.4 is 5.32 Å². The number of amides is 1. The van der Waals surface area contributed by atoms with Gasteiger partial charge in [0.25, 0.3) is 0 Å². The van der Waals surface area contributed by atoms with E-state index in [1.807, 2.05) is 0 Å². The molecule has 2 aromatic rings. The zero-order valence-corrected chi connectivity index (χ0v) is 9.78. The van der Waals surface area contributed by atoms with Gasteiger partial charge in [0.2, 0.25) is 5.91 Å². The van der Waals surface area contributed by atoms with Gasteiger partial charge in [0, 0.05) is 18.3 Å². The third kappa shape index (κ3) is 3.39. The van der Waals surface area contributed by atoms with Crippen LogP contribution in [0, 0.1) is 0 Å². The predicted molar refractivity (Wildman–Crippen MR) is 65.6 cm³/mol. The average molecular weight is 246 g/mol. The Morgan fingerprint density at radius 3 is 3.06 bits per heavy atom. The van der Waals surface area contributed by atoms with E-state index in [9.17, 15) is 4.79 Å². The topological polar surface area (TPSA) is 80.0 Å². The third-order valence-corrected chi connectivity index (χ3v) is 2.43. The highest BCUT2D eigenvalue weighted by molar-refractivity contribution is 5.90. The summed E-state index contributed by atoms with van der Waals surface area (Å²) in [5.41, 5.74) is 1.45. The molecule has 0 aliphatic rings. The second-order valence-electron chi connectivity index (χ2n) is 3.82. The monoisotopic (exact) mass is 246 g/mol. The Kier molecular flexibility index (Phi) is 4.03. The first-order chi connectivity index (χ1) is 8.78. The molecule has 0 spiro atoms.